The number of hydrogen-bond acceptors (Lipinski definition) is 3. The van der Waals surface area contributed by atoms with Gasteiger partial charge >= 0.3 is 0 Å². The molecule has 0 radical (unpaired) electrons. The molecule has 0 aliphatic carbocycles. The van der Waals surface area contributed by atoms with Crippen LogP contribution in [0.15, 0.2) is 42.7 Å². The summed E-state index contributed by atoms with van der Waals surface area (Å²) in [5, 5.41) is 9.84. The molecule has 0 spiro atoms. The number of benzene rings is 1. The van der Waals surface area contributed by atoms with Gasteiger partial charge < -0.3 is 14.4 Å². The maximum absolute atomic E-state index is 9.84. The first-order valence-corrected chi connectivity index (χ1v) is 5.10. The highest BCUT2D eigenvalue weighted by atomic mass is 16.5. The van der Waals surface area contributed by atoms with Crippen molar-refractivity contribution in [1.82, 2.24) is 9.55 Å². The quantitative estimate of drug-likeness (QED) is 0.846. The molecule has 0 fully saturated rings. The van der Waals surface area contributed by atoms with Gasteiger partial charge in [-0.05, 0) is 12.1 Å². The average Bonchev–Trinajstić information content (AvgIpc) is 2.74. The van der Waals surface area contributed by atoms with Crippen LogP contribution in [0, 0.1) is 0 Å². The van der Waals surface area contributed by atoms with Crippen molar-refractivity contribution >= 4 is 0 Å². The van der Waals surface area contributed by atoms with Crippen LogP contribution in [-0.4, -0.2) is 21.3 Å². The lowest BCUT2D eigenvalue weighted by Gasteiger charge is -2.12. The van der Waals surface area contributed by atoms with E-state index in [0.29, 0.717) is 5.82 Å². The number of rotatable bonds is 4. The van der Waals surface area contributed by atoms with E-state index in [-0.39, 0.29) is 6.61 Å². The van der Waals surface area contributed by atoms with Gasteiger partial charge in [0.2, 0.25) is 0 Å². The monoisotopic (exact) mass is 218 g/mol. The van der Waals surface area contributed by atoms with E-state index in [9.17, 15) is 5.11 Å². The maximum atomic E-state index is 9.84. The Morgan fingerprint density at radius 1 is 1.38 bits per heavy atom. The van der Waals surface area contributed by atoms with Gasteiger partial charge in [0.25, 0.3) is 0 Å². The van der Waals surface area contributed by atoms with E-state index in [2.05, 4.69) is 4.98 Å². The van der Waals surface area contributed by atoms with Crippen molar-refractivity contribution in [3.05, 3.63) is 48.5 Å². The van der Waals surface area contributed by atoms with Crippen LogP contribution in [0.1, 0.15) is 11.9 Å². The molecular weight excluding hydrogens is 204 g/mol. The van der Waals surface area contributed by atoms with Crippen LogP contribution in [0.5, 0.6) is 5.75 Å². The minimum atomic E-state index is -0.708. The summed E-state index contributed by atoms with van der Waals surface area (Å²) in [7, 11) is 1.84. The summed E-state index contributed by atoms with van der Waals surface area (Å²) in [6.07, 6.45) is 2.74. The molecule has 0 saturated heterocycles. The molecule has 2 aromatic rings. The van der Waals surface area contributed by atoms with E-state index < -0.39 is 6.10 Å². The van der Waals surface area contributed by atoms with Crippen molar-refractivity contribution in [1.29, 1.82) is 0 Å². The number of aromatic nitrogens is 2. The van der Waals surface area contributed by atoms with Crippen LogP contribution >= 0.6 is 0 Å². The van der Waals surface area contributed by atoms with Crippen molar-refractivity contribution in [2.24, 2.45) is 7.05 Å². The number of hydrogen-bond donors (Lipinski definition) is 1. The molecule has 1 aromatic carbocycles. The minimum Gasteiger partial charge on any atom is -0.490 e. The van der Waals surface area contributed by atoms with Crippen molar-refractivity contribution in [3.63, 3.8) is 0 Å². The number of nitrogens with zero attached hydrogens (tertiary/aromatic N) is 2. The van der Waals surface area contributed by atoms with Crippen LogP contribution in [0.25, 0.3) is 0 Å². The van der Waals surface area contributed by atoms with E-state index in [1.54, 1.807) is 17.0 Å². The molecule has 0 amide bonds. The smallest absolute Gasteiger partial charge is 0.146 e. The lowest BCUT2D eigenvalue weighted by atomic mass is 10.3. The molecule has 2 rings (SSSR count). The third-order valence-electron chi connectivity index (χ3n) is 2.31. The summed E-state index contributed by atoms with van der Waals surface area (Å²) in [4.78, 5) is 4.06. The predicted molar refractivity (Wildman–Crippen MR) is 60.1 cm³/mol. The number of imidazole rings is 1. The molecule has 0 bridgehead atoms. The van der Waals surface area contributed by atoms with Gasteiger partial charge in [0.15, 0.2) is 0 Å². The SMILES string of the molecule is Cn1ccnc1C(O)COc1ccccc1. The van der Waals surface area contributed by atoms with Crippen molar-refractivity contribution in [2.75, 3.05) is 6.61 Å². The van der Waals surface area contributed by atoms with Gasteiger partial charge in [0.05, 0.1) is 0 Å². The van der Waals surface area contributed by atoms with Gasteiger partial charge in [-0.1, -0.05) is 18.2 Å². The molecule has 1 unspecified atom stereocenters. The Balaban J connectivity index is 1.94. The Kier molecular flexibility index (Phi) is 3.22. The zero-order valence-electron chi connectivity index (χ0n) is 9.08. The van der Waals surface area contributed by atoms with Crippen molar-refractivity contribution in [3.8, 4) is 5.75 Å². The average molecular weight is 218 g/mol. The summed E-state index contributed by atoms with van der Waals surface area (Å²) in [5.74, 6) is 1.35. The highest BCUT2D eigenvalue weighted by molar-refractivity contribution is 5.21. The third kappa shape index (κ3) is 2.41. The van der Waals surface area contributed by atoms with Gasteiger partial charge in [-0.15, -0.1) is 0 Å². The maximum Gasteiger partial charge on any atom is 0.146 e. The van der Waals surface area contributed by atoms with Gasteiger partial charge in [-0.25, -0.2) is 4.98 Å². The second-order valence-corrected chi connectivity index (χ2v) is 3.54. The Morgan fingerprint density at radius 2 is 2.12 bits per heavy atom. The normalized spacial score (nSPS) is 12.4. The molecule has 1 atom stereocenters. The fourth-order valence-electron chi connectivity index (χ4n) is 1.46. The summed E-state index contributed by atoms with van der Waals surface area (Å²) in [6, 6.07) is 9.41. The topological polar surface area (TPSA) is 47.3 Å². The summed E-state index contributed by atoms with van der Waals surface area (Å²) in [5.41, 5.74) is 0. The molecule has 0 aliphatic rings. The Morgan fingerprint density at radius 3 is 2.75 bits per heavy atom. The number of aliphatic hydroxyl groups is 1. The standard InChI is InChI=1S/C12H14N2O2/c1-14-8-7-13-12(14)11(15)9-16-10-5-3-2-4-6-10/h2-8,11,15H,9H2,1H3. The summed E-state index contributed by atoms with van der Waals surface area (Å²) >= 11 is 0. The zero-order valence-corrected chi connectivity index (χ0v) is 9.08. The second kappa shape index (κ2) is 4.81. The molecule has 0 saturated carbocycles. The van der Waals surface area contributed by atoms with Crippen LogP contribution in [0.2, 0.25) is 0 Å². The van der Waals surface area contributed by atoms with Crippen LogP contribution < -0.4 is 4.74 Å². The van der Waals surface area contributed by atoms with E-state index in [1.807, 2.05) is 37.4 Å². The number of ether oxygens (including phenoxy) is 1. The first-order valence-electron chi connectivity index (χ1n) is 5.10. The molecule has 1 aromatic heterocycles. The molecular formula is C12H14N2O2. The van der Waals surface area contributed by atoms with Gasteiger partial charge in [-0.3, -0.25) is 0 Å². The summed E-state index contributed by atoms with van der Waals surface area (Å²) < 4.78 is 7.22. The van der Waals surface area contributed by atoms with Crippen molar-refractivity contribution in [2.45, 2.75) is 6.10 Å². The van der Waals surface area contributed by atoms with Crippen LogP contribution in [0.3, 0.4) is 0 Å². The highest BCUT2D eigenvalue weighted by Gasteiger charge is 2.12. The van der Waals surface area contributed by atoms with Gasteiger partial charge in [-0.2, -0.15) is 0 Å². The lowest BCUT2D eigenvalue weighted by molar-refractivity contribution is 0.0984. The van der Waals surface area contributed by atoms with E-state index in [1.165, 1.54) is 0 Å². The molecule has 0 aliphatic heterocycles. The fourth-order valence-corrected chi connectivity index (χ4v) is 1.46. The molecule has 4 heteroatoms. The zero-order chi connectivity index (χ0) is 11.4. The molecule has 1 N–H and O–H groups in total. The Labute approximate surface area is 94.1 Å². The van der Waals surface area contributed by atoms with E-state index in [0.717, 1.165) is 5.75 Å². The van der Waals surface area contributed by atoms with E-state index in [4.69, 9.17) is 4.74 Å². The van der Waals surface area contributed by atoms with E-state index >= 15 is 0 Å². The first kappa shape index (κ1) is 10.7. The van der Waals surface area contributed by atoms with Crippen LogP contribution in [-0.2, 0) is 7.05 Å². The third-order valence-corrected chi connectivity index (χ3v) is 2.31. The fraction of sp³-hybridized carbons (Fsp3) is 0.250. The molecule has 4 nitrogen and oxygen atoms in total. The molecule has 16 heavy (non-hydrogen) atoms. The number of aliphatic hydroxyl groups excluding tert-OH is 1. The van der Waals surface area contributed by atoms with Crippen LogP contribution in [0.4, 0.5) is 0 Å². The first-order chi connectivity index (χ1) is 7.77. The minimum absolute atomic E-state index is 0.203. The largest absolute Gasteiger partial charge is 0.490 e. The predicted octanol–water partition coefficient (Wildman–Crippen LogP) is 1.53. The Bertz CT molecular complexity index is 439. The van der Waals surface area contributed by atoms with Gasteiger partial charge in [0, 0.05) is 19.4 Å². The number of para-hydroxylation sites is 1. The van der Waals surface area contributed by atoms with Crippen molar-refractivity contribution < 1.29 is 9.84 Å². The highest BCUT2D eigenvalue weighted by Crippen LogP contribution is 2.13. The molecule has 84 valence electrons. The number of aryl methyl sites for hydroxylation is 1. The second-order valence-electron chi connectivity index (χ2n) is 3.54. The lowest BCUT2D eigenvalue weighted by Crippen LogP contribution is -2.13. The van der Waals surface area contributed by atoms with Gasteiger partial charge in [0.1, 0.15) is 24.3 Å². The Hall–Kier alpha value is -1.81. The summed E-state index contributed by atoms with van der Waals surface area (Å²) in [6.45, 7) is 0.203. The molecule has 1 heterocycles.